The van der Waals surface area contributed by atoms with Gasteiger partial charge in [-0.2, -0.15) is 0 Å². The molecule has 0 heterocycles. The third kappa shape index (κ3) is 2.40. The summed E-state index contributed by atoms with van der Waals surface area (Å²) >= 11 is 4.98. The van der Waals surface area contributed by atoms with Crippen molar-refractivity contribution in [3.8, 4) is 0 Å². The van der Waals surface area contributed by atoms with Gasteiger partial charge in [-0.15, -0.1) is 3.82 Å². The summed E-state index contributed by atoms with van der Waals surface area (Å²) in [6, 6.07) is 0. The lowest BCUT2D eigenvalue weighted by atomic mass is 11.2. The molecular weight excluding hydrogens is 182 g/mol. The van der Waals surface area contributed by atoms with Crippen molar-refractivity contribution in [2.75, 3.05) is 13.4 Å². The number of rotatable bonds is 1. The first-order valence-corrected chi connectivity index (χ1v) is 4.32. The number of amides is 1. The Kier molecular flexibility index (Phi) is 2.92. The Labute approximate surface area is 63.7 Å². The number of hydrogen-bond acceptors (Lipinski definition) is 4. The molecule has 0 rings (SSSR count). The van der Waals surface area contributed by atoms with Gasteiger partial charge in [-0.3, -0.25) is 0 Å². The standard InChI is InChI=1S/C3H6ClNO4S/c1-9-3(6)5(4)10(2,7)8/h1-2H3. The second kappa shape index (κ2) is 3.07. The van der Waals surface area contributed by atoms with Crippen LogP contribution in [0.2, 0.25) is 0 Å². The van der Waals surface area contributed by atoms with Gasteiger partial charge in [-0.1, -0.05) is 0 Å². The Hall–Kier alpha value is -0.490. The van der Waals surface area contributed by atoms with Crippen LogP contribution in [0, 0.1) is 0 Å². The van der Waals surface area contributed by atoms with Gasteiger partial charge in [0.2, 0.25) is 0 Å². The molecule has 5 nitrogen and oxygen atoms in total. The molecule has 0 aliphatic heterocycles. The highest BCUT2D eigenvalue weighted by Gasteiger charge is 2.21. The Morgan fingerprint density at radius 1 is 1.60 bits per heavy atom. The molecule has 60 valence electrons. The molecule has 0 fully saturated rings. The second-order valence-corrected chi connectivity index (χ2v) is 3.82. The average Bonchev–Trinajstić information content (AvgIpc) is 1.83. The van der Waals surface area contributed by atoms with Crippen LogP contribution in [-0.2, 0) is 14.8 Å². The molecule has 0 saturated carbocycles. The van der Waals surface area contributed by atoms with Crippen LogP contribution in [0.5, 0.6) is 0 Å². The summed E-state index contributed by atoms with van der Waals surface area (Å²) in [5.74, 6) is 0. The molecule has 0 unspecified atom stereocenters. The largest absolute Gasteiger partial charge is 0.451 e. The van der Waals surface area contributed by atoms with Crippen molar-refractivity contribution >= 4 is 27.9 Å². The van der Waals surface area contributed by atoms with Crippen molar-refractivity contribution in [3.05, 3.63) is 0 Å². The molecule has 0 saturated heterocycles. The number of carbonyl (C=O) groups excluding carboxylic acids is 1. The minimum Gasteiger partial charge on any atom is -0.451 e. The maximum Gasteiger partial charge on any atom is 0.438 e. The van der Waals surface area contributed by atoms with E-state index in [1.165, 1.54) is 0 Å². The highest BCUT2D eigenvalue weighted by Crippen LogP contribution is 2.03. The van der Waals surface area contributed by atoms with E-state index in [0.29, 0.717) is 0 Å². The van der Waals surface area contributed by atoms with Crippen LogP contribution in [0.15, 0.2) is 0 Å². The van der Waals surface area contributed by atoms with Crippen molar-refractivity contribution in [1.29, 1.82) is 0 Å². The van der Waals surface area contributed by atoms with E-state index >= 15 is 0 Å². The molecule has 0 spiro atoms. The minimum atomic E-state index is -3.69. The second-order valence-electron chi connectivity index (χ2n) is 1.45. The highest BCUT2D eigenvalue weighted by atomic mass is 35.5. The normalized spacial score (nSPS) is 10.7. The van der Waals surface area contributed by atoms with Crippen molar-refractivity contribution < 1.29 is 17.9 Å². The number of carbonyl (C=O) groups is 1. The lowest BCUT2D eigenvalue weighted by molar-refractivity contribution is 0.164. The van der Waals surface area contributed by atoms with Crippen molar-refractivity contribution in [3.63, 3.8) is 0 Å². The maximum absolute atomic E-state index is 10.4. The molecule has 0 atom stereocenters. The van der Waals surface area contributed by atoms with Crippen LogP contribution in [0.1, 0.15) is 0 Å². The van der Waals surface area contributed by atoms with Gasteiger partial charge in [0.05, 0.1) is 13.4 Å². The first-order valence-electron chi connectivity index (χ1n) is 2.13. The number of nitrogens with zero attached hydrogens (tertiary/aromatic N) is 1. The van der Waals surface area contributed by atoms with Crippen LogP contribution in [-0.4, -0.2) is 31.7 Å². The monoisotopic (exact) mass is 187 g/mol. The van der Waals surface area contributed by atoms with Gasteiger partial charge < -0.3 is 4.74 Å². The summed E-state index contributed by atoms with van der Waals surface area (Å²) in [5, 5.41) is 0. The zero-order chi connectivity index (χ0) is 8.36. The van der Waals surface area contributed by atoms with E-state index in [9.17, 15) is 13.2 Å². The van der Waals surface area contributed by atoms with Gasteiger partial charge in [-0.25, -0.2) is 13.2 Å². The van der Waals surface area contributed by atoms with Crippen molar-refractivity contribution in [2.24, 2.45) is 0 Å². The molecule has 10 heavy (non-hydrogen) atoms. The minimum absolute atomic E-state index is 0.00694. The molecule has 0 aromatic rings. The van der Waals surface area contributed by atoms with Gasteiger partial charge in [-0.05, 0) is 0 Å². The van der Waals surface area contributed by atoms with Gasteiger partial charge in [0.25, 0.3) is 10.0 Å². The molecule has 7 heteroatoms. The third-order valence-electron chi connectivity index (χ3n) is 0.609. The maximum atomic E-state index is 10.4. The van der Waals surface area contributed by atoms with E-state index in [4.69, 9.17) is 11.8 Å². The summed E-state index contributed by atoms with van der Waals surface area (Å²) in [6.07, 6.45) is -0.333. The Balaban J connectivity index is 4.39. The van der Waals surface area contributed by atoms with Crippen molar-refractivity contribution in [2.45, 2.75) is 0 Å². The number of hydrogen-bond donors (Lipinski definition) is 0. The topological polar surface area (TPSA) is 63.7 Å². The van der Waals surface area contributed by atoms with Crippen molar-refractivity contribution in [1.82, 2.24) is 3.82 Å². The summed E-state index contributed by atoms with van der Waals surface area (Å²) in [5.41, 5.74) is 0. The zero-order valence-electron chi connectivity index (χ0n) is 5.37. The first kappa shape index (κ1) is 9.51. The number of sulfonamides is 1. The quantitative estimate of drug-likeness (QED) is 0.549. The van der Waals surface area contributed by atoms with E-state index < -0.39 is 16.1 Å². The fourth-order valence-electron chi connectivity index (χ4n) is 0.207. The van der Waals surface area contributed by atoms with Gasteiger partial charge in [0, 0.05) is 11.8 Å². The van der Waals surface area contributed by atoms with Crippen LogP contribution < -0.4 is 0 Å². The Bertz CT molecular complexity index is 223. The molecule has 0 N–H and O–H groups in total. The van der Waals surface area contributed by atoms with E-state index in [0.717, 1.165) is 13.4 Å². The SMILES string of the molecule is COC(=O)N(Cl)S(C)(=O)=O. The summed E-state index contributed by atoms with van der Waals surface area (Å²) in [6.45, 7) is 0. The number of methoxy groups -OCH3 is 1. The Morgan fingerprint density at radius 2 is 2.00 bits per heavy atom. The molecule has 0 aliphatic rings. The molecule has 0 aliphatic carbocycles. The molecular formula is C3H6ClNO4S. The predicted octanol–water partition coefficient (Wildman–Crippen LogP) is 0.168. The smallest absolute Gasteiger partial charge is 0.438 e. The molecule has 0 bridgehead atoms. The van der Waals surface area contributed by atoms with Gasteiger partial charge in [0.15, 0.2) is 0 Å². The molecule has 0 aromatic carbocycles. The molecule has 0 aromatic heterocycles. The third-order valence-corrected chi connectivity index (χ3v) is 2.23. The molecule has 1 amide bonds. The lowest BCUT2D eigenvalue weighted by Gasteiger charge is -2.07. The summed E-state index contributed by atoms with van der Waals surface area (Å²) < 4.78 is 24.9. The lowest BCUT2D eigenvalue weighted by Crippen LogP contribution is -2.27. The average molecular weight is 188 g/mol. The highest BCUT2D eigenvalue weighted by molar-refractivity contribution is 7.89. The van der Waals surface area contributed by atoms with E-state index in [-0.39, 0.29) is 3.82 Å². The van der Waals surface area contributed by atoms with Gasteiger partial charge >= 0.3 is 6.09 Å². The van der Waals surface area contributed by atoms with Crippen LogP contribution >= 0.6 is 11.8 Å². The van der Waals surface area contributed by atoms with E-state index in [1.807, 2.05) is 0 Å². The fraction of sp³-hybridized carbons (Fsp3) is 0.667. The van der Waals surface area contributed by atoms with Crippen LogP contribution in [0.25, 0.3) is 0 Å². The summed E-state index contributed by atoms with van der Waals surface area (Å²) in [7, 11) is -2.66. The zero-order valence-corrected chi connectivity index (χ0v) is 6.94. The summed E-state index contributed by atoms with van der Waals surface area (Å²) in [4.78, 5) is 10.4. The fourth-order valence-corrected chi connectivity index (χ4v) is 0.621. The first-order chi connectivity index (χ1) is 4.39. The molecule has 0 radical (unpaired) electrons. The number of ether oxygens (including phenoxy) is 1. The van der Waals surface area contributed by atoms with E-state index in [1.54, 1.807) is 0 Å². The Morgan fingerprint density at radius 3 is 2.10 bits per heavy atom. The van der Waals surface area contributed by atoms with E-state index in [2.05, 4.69) is 4.74 Å². The predicted molar refractivity (Wildman–Crippen MR) is 34.9 cm³/mol. The van der Waals surface area contributed by atoms with Crippen LogP contribution in [0.3, 0.4) is 0 Å². The van der Waals surface area contributed by atoms with Crippen LogP contribution in [0.4, 0.5) is 4.79 Å². The number of halogens is 1. The van der Waals surface area contributed by atoms with Gasteiger partial charge in [0.1, 0.15) is 0 Å².